The zero-order valence-corrected chi connectivity index (χ0v) is 10.3. The molecule has 4 heteroatoms. The van der Waals surface area contributed by atoms with Crippen molar-refractivity contribution in [1.29, 1.82) is 0 Å². The molecule has 1 unspecified atom stereocenters. The Morgan fingerprint density at radius 3 is 2.53 bits per heavy atom. The topological polar surface area (TPSA) is 55.6 Å². The van der Waals surface area contributed by atoms with Crippen molar-refractivity contribution in [3.05, 3.63) is 29.8 Å². The number of nitrogens with two attached hydrogens (primary N) is 1. The second kappa shape index (κ2) is 4.37. The van der Waals surface area contributed by atoms with Gasteiger partial charge in [0, 0.05) is 12.2 Å². The summed E-state index contributed by atoms with van der Waals surface area (Å²) in [5.41, 5.74) is 7.16. The molecule has 1 fully saturated rings. The van der Waals surface area contributed by atoms with Gasteiger partial charge in [0.1, 0.15) is 5.60 Å². The van der Waals surface area contributed by atoms with E-state index in [1.807, 2.05) is 31.2 Å². The molecule has 4 nitrogen and oxygen atoms in total. The minimum absolute atomic E-state index is 0.317. The van der Waals surface area contributed by atoms with E-state index in [9.17, 15) is 4.79 Å². The van der Waals surface area contributed by atoms with E-state index >= 15 is 0 Å². The molecule has 1 aromatic carbocycles. The molecule has 0 bridgehead atoms. The molecule has 2 N–H and O–H groups in total. The Bertz CT molecular complexity index is 416. The number of carbonyl (C=O) groups excluding carboxylic acids is 1. The number of anilines is 1. The van der Waals surface area contributed by atoms with Crippen LogP contribution >= 0.6 is 0 Å². The number of carbonyl (C=O) groups is 1. The third-order valence-electron chi connectivity index (χ3n) is 3.13. The summed E-state index contributed by atoms with van der Waals surface area (Å²) in [4.78, 5) is 13.4. The predicted octanol–water partition coefficient (Wildman–Crippen LogP) is 1.92. The Hall–Kier alpha value is -1.55. The van der Waals surface area contributed by atoms with Gasteiger partial charge in [-0.1, -0.05) is 19.1 Å². The number of ether oxygens (including phenoxy) is 1. The summed E-state index contributed by atoms with van der Waals surface area (Å²) in [6, 6.07) is 7.95. The summed E-state index contributed by atoms with van der Waals surface area (Å²) in [7, 11) is 0. The van der Waals surface area contributed by atoms with Gasteiger partial charge in [-0.25, -0.2) is 4.79 Å². The first-order valence-corrected chi connectivity index (χ1v) is 5.87. The minimum atomic E-state index is -0.569. The molecule has 2 rings (SSSR count). The number of hydrogen-bond acceptors (Lipinski definition) is 3. The van der Waals surface area contributed by atoms with Crippen LogP contribution in [0.3, 0.4) is 0 Å². The summed E-state index contributed by atoms with van der Waals surface area (Å²) in [6.07, 6.45) is 0.674. The van der Waals surface area contributed by atoms with Gasteiger partial charge in [0.25, 0.3) is 0 Å². The van der Waals surface area contributed by atoms with Crippen LogP contribution in [0.25, 0.3) is 0 Å². The Labute approximate surface area is 101 Å². The van der Waals surface area contributed by atoms with Gasteiger partial charge in [-0.3, -0.25) is 4.90 Å². The summed E-state index contributed by atoms with van der Waals surface area (Å²) >= 11 is 0. The highest BCUT2D eigenvalue weighted by Gasteiger charge is 2.40. The van der Waals surface area contributed by atoms with E-state index in [0.29, 0.717) is 13.1 Å². The van der Waals surface area contributed by atoms with Crippen LogP contribution in [-0.2, 0) is 11.2 Å². The number of benzene rings is 1. The van der Waals surface area contributed by atoms with Crippen LogP contribution in [-0.4, -0.2) is 24.8 Å². The molecule has 1 aliphatic rings. The van der Waals surface area contributed by atoms with E-state index in [2.05, 4.69) is 6.92 Å². The average Bonchev–Trinajstić information content (AvgIpc) is 2.66. The lowest BCUT2D eigenvalue weighted by molar-refractivity contribution is 0.0789. The van der Waals surface area contributed by atoms with Crippen molar-refractivity contribution < 1.29 is 9.53 Å². The highest BCUT2D eigenvalue weighted by atomic mass is 16.6. The van der Waals surface area contributed by atoms with E-state index in [-0.39, 0.29) is 6.09 Å². The quantitative estimate of drug-likeness (QED) is 0.869. The Balaban J connectivity index is 2.20. The monoisotopic (exact) mass is 234 g/mol. The Kier molecular flexibility index (Phi) is 3.07. The normalized spacial score (nSPS) is 23.9. The molecule has 0 aliphatic carbocycles. The zero-order chi connectivity index (χ0) is 12.5. The average molecular weight is 234 g/mol. The summed E-state index contributed by atoms with van der Waals surface area (Å²) < 4.78 is 5.28. The zero-order valence-electron chi connectivity index (χ0n) is 10.3. The number of aryl methyl sites for hydroxylation is 1. The molecule has 1 atom stereocenters. The molecule has 1 amide bonds. The number of amides is 1. The molecular weight excluding hydrogens is 216 g/mol. The van der Waals surface area contributed by atoms with Crippen molar-refractivity contribution in [1.82, 2.24) is 0 Å². The largest absolute Gasteiger partial charge is 0.440 e. The highest BCUT2D eigenvalue weighted by Crippen LogP contribution is 2.27. The fraction of sp³-hybridized carbons (Fsp3) is 0.462. The molecule has 1 heterocycles. The standard InChI is InChI=1S/C13H18N2O2/c1-3-10-4-6-11(7-5-10)15-9-13(2,8-14)17-12(15)16/h4-7H,3,8-9,14H2,1-2H3. The molecular formula is C13H18N2O2. The lowest BCUT2D eigenvalue weighted by Gasteiger charge is -2.19. The van der Waals surface area contributed by atoms with Crippen LogP contribution in [0.2, 0.25) is 0 Å². The Morgan fingerprint density at radius 2 is 2.06 bits per heavy atom. The number of cyclic esters (lactones) is 1. The summed E-state index contributed by atoms with van der Waals surface area (Å²) in [5.74, 6) is 0. The van der Waals surface area contributed by atoms with E-state index in [4.69, 9.17) is 10.5 Å². The van der Waals surface area contributed by atoms with E-state index in [1.54, 1.807) is 4.90 Å². The van der Waals surface area contributed by atoms with E-state index in [0.717, 1.165) is 12.1 Å². The van der Waals surface area contributed by atoms with Crippen molar-refractivity contribution in [2.45, 2.75) is 25.9 Å². The van der Waals surface area contributed by atoms with Crippen molar-refractivity contribution in [3.63, 3.8) is 0 Å². The fourth-order valence-electron chi connectivity index (χ4n) is 1.91. The van der Waals surface area contributed by atoms with Gasteiger partial charge in [0.2, 0.25) is 0 Å². The first kappa shape index (κ1) is 11.9. The van der Waals surface area contributed by atoms with Gasteiger partial charge in [-0.15, -0.1) is 0 Å². The van der Waals surface area contributed by atoms with Gasteiger partial charge in [-0.2, -0.15) is 0 Å². The van der Waals surface area contributed by atoms with Crippen LogP contribution in [0.15, 0.2) is 24.3 Å². The summed E-state index contributed by atoms with van der Waals surface area (Å²) in [6.45, 7) is 4.80. The molecule has 1 aromatic rings. The summed E-state index contributed by atoms with van der Waals surface area (Å²) in [5, 5.41) is 0. The SMILES string of the molecule is CCc1ccc(N2CC(C)(CN)OC2=O)cc1. The second-order valence-electron chi connectivity index (χ2n) is 4.63. The van der Waals surface area contributed by atoms with Crippen LogP contribution in [0.1, 0.15) is 19.4 Å². The van der Waals surface area contributed by atoms with Gasteiger partial charge in [0.05, 0.1) is 6.54 Å². The van der Waals surface area contributed by atoms with Crippen molar-refractivity contribution >= 4 is 11.8 Å². The first-order chi connectivity index (χ1) is 8.08. The van der Waals surface area contributed by atoms with Crippen LogP contribution < -0.4 is 10.6 Å². The third-order valence-corrected chi connectivity index (χ3v) is 3.13. The maximum absolute atomic E-state index is 11.8. The van der Waals surface area contributed by atoms with Gasteiger partial charge >= 0.3 is 6.09 Å². The second-order valence-corrected chi connectivity index (χ2v) is 4.63. The fourth-order valence-corrected chi connectivity index (χ4v) is 1.91. The lowest BCUT2D eigenvalue weighted by atomic mass is 10.1. The number of nitrogens with zero attached hydrogens (tertiary/aromatic N) is 1. The van der Waals surface area contributed by atoms with Crippen LogP contribution in [0.4, 0.5) is 10.5 Å². The molecule has 0 saturated carbocycles. The molecule has 0 spiro atoms. The van der Waals surface area contributed by atoms with Crippen LogP contribution in [0.5, 0.6) is 0 Å². The van der Waals surface area contributed by atoms with Crippen molar-refractivity contribution in [2.75, 3.05) is 18.0 Å². The Morgan fingerprint density at radius 1 is 1.41 bits per heavy atom. The predicted molar refractivity (Wildman–Crippen MR) is 67.1 cm³/mol. The van der Waals surface area contributed by atoms with Crippen LogP contribution in [0, 0.1) is 0 Å². The molecule has 0 radical (unpaired) electrons. The van der Waals surface area contributed by atoms with Gasteiger partial charge in [-0.05, 0) is 31.0 Å². The number of hydrogen-bond donors (Lipinski definition) is 1. The third kappa shape index (κ3) is 2.26. The lowest BCUT2D eigenvalue weighted by Crippen LogP contribution is -2.38. The molecule has 1 aliphatic heterocycles. The maximum atomic E-state index is 11.8. The molecule has 0 aromatic heterocycles. The molecule has 92 valence electrons. The maximum Gasteiger partial charge on any atom is 0.415 e. The molecule has 17 heavy (non-hydrogen) atoms. The highest BCUT2D eigenvalue weighted by molar-refractivity contribution is 5.90. The van der Waals surface area contributed by atoms with E-state index < -0.39 is 5.60 Å². The first-order valence-electron chi connectivity index (χ1n) is 5.87. The number of rotatable bonds is 3. The van der Waals surface area contributed by atoms with Gasteiger partial charge < -0.3 is 10.5 Å². The minimum Gasteiger partial charge on any atom is -0.440 e. The smallest absolute Gasteiger partial charge is 0.415 e. The van der Waals surface area contributed by atoms with Gasteiger partial charge in [0.15, 0.2) is 0 Å². The molecule has 1 saturated heterocycles. The van der Waals surface area contributed by atoms with Crippen molar-refractivity contribution in [2.24, 2.45) is 5.73 Å². The van der Waals surface area contributed by atoms with Crippen molar-refractivity contribution in [3.8, 4) is 0 Å². The van der Waals surface area contributed by atoms with E-state index in [1.165, 1.54) is 5.56 Å².